The second kappa shape index (κ2) is 12.3. The van der Waals surface area contributed by atoms with E-state index in [1.54, 1.807) is 50.4 Å². The van der Waals surface area contributed by atoms with Crippen LogP contribution in [0.2, 0.25) is 0 Å². The number of anilines is 1. The van der Waals surface area contributed by atoms with Crippen LogP contribution in [0.5, 0.6) is 5.75 Å². The van der Waals surface area contributed by atoms with E-state index in [0.29, 0.717) is 40.1 Å². The van der Waals surface area contributed by atoms with Gasteiger partial charge in [0.2, 0.25) is 5.91 Å². The van der Waals surface area contributed by atoms with Crippen molar-refractivity contribution in [3.05, 3.63) is 69.5 Å². The Hall–Kier alpha value is -3.93. The van der Waals surface area contributed by atoms with Crippen LogP contribution < -0.4 is 15.4 Å². The van der Waals surface area contributed by atoms with Gasteiger partial charge in [0.25, 0.3) is 11.6 Å². The highest BCUT2D eigenvalue weighted by Crippen LogP contribution is 2.27. The number of rotatable bonds is 11. The summed E-state index contributed by atoms with van der Waals surface area (Å²) < 4.78 is 7.02. The third kappa shape index (κ3) is 6.85. The quantitative estimate of drug-likeness (QED) is 0.213. The minimum absolute atomic E-state index is 0.0233. The lowest BCUT2D eigenvalue weighted by Gasteiger charge is -2.22. The molecule has 0 fully saturated rings. The standard InChI is InChI=1S/C25H30N6O5S/c1-6-30-23(22(15(2)3)27-24(33)17-8-11-19(36-5)12-9-17)28-29-25(30)37-14-21(32)26-18-10-7-16(4)20(13-18)31(34)35/h7-13,15,22H,6,14H2,1-5H3,(H,26,32)(H,27,33)/t22-/m0/s1. The first kappa shape index (κ1) is 27.7. The predicted molar refractivity (Wildman–Crippen MR) is 141 cm³/mol. The van der Waals surface area contributed by atoms with Crippen molar-refractivity contribution in [2.24, 2.45) is 5.92 Å². The van der Waals surface area contributed by atoms with Gasteiger partial charge < -0.3 is 19.9 Å². The van der Waals surface area contributed by atoms with Gasteiger partial charge >= 0.3 is 0 Å². The number of ether oxygens (including phenoxy) is 1. The van der Waals surface area contributed by atoms with Crippen LogP contribution in [0.1, 0.15) is 48.6 Å². The Morgan fingerprint density at radius 1 is 1.16 bits per heavy atom. The Labute approximate surface area is 219 Å². The highest BCUT2D eigenvalue weighted by Gasteiger charge is 2.26. The van der Waals surface area contributed by atoms with Crippen molar-refractivity contribution in [2.45, 2.75) is 45.4 Å². The van der Waals surface area contributed by atoms with Crippen molar-refractivity contribution < 1.29 is 19.2 Å². The van der Waals surface area contributed by atoms with Gasteiger partial charge in [-0.05, 0) is 50.1 Å². The third-order valence-electron chi connectivity index (χ3n) is 5.67. The monoisotopic (exact) mass is 526 g/mol. The van der Waals surface area contributed by atoms with E-state index < -0.39 is 11.0 Å². The molecule has 0 bridgehead atoms. The van der Waals surface area contributed by atoms with E-state index in [-0.39, 0.29) is 29.2 Å². The number of aromatic nitrogens is 3. The van der Waals surface area contributed by atoms with Crippen LogP contribution in [0.25, 0.3) is 0 Å². The molecule has 2 N–H and O–H groups in total. The van der Waals surface area contributed by atoms with Crippen molar-refractivity contribution in [1.29, 1.82) is 0 Å². The molecule has 0 unspecified atom stereocenters. The minimum atomic E-state index is -0.483. The zero-order chi connectivity index (χ0) is 27.1. The van der Waals surface area contributed by atoms with Crippen molar-refractivity contribution in [3.8, 4) is 5.75 Å². The Morgan fingerprint density at radius 3 is 2.46 bits per heavy atom. The molecule has 3 rings (SSSR count). The molecule has 0 saturated carbocycles. The summed E-state index contributed by atoms with van der Waals surface area (Å²) in [7, 11) is 1.56. The van der Waals surface area contributed by atoms with Crippen LogP contribution in [-0.2, 0) is 11.3 Å². The Morgan fingerprint density at radius 2 is 1.86 bits per heavy atom. The first-order valence-corrected chi connectivity index (χ1v) is 12.7. The van der Waals surface area contributed by atoms with E-state index in [1.165, 1.54) is 17.8 Å². The topological polar surface area (TPSA) is 141 Å². The summed E-state index contributed by atoms with van der Waals surface area (Å²) in [5, 5.41) is 26.0. The molecule has 0 aliphatic heterocycles. The summed E-state index contributed by atoms with van der Waals surface area (Å²) >= 11 is 1.20. The van der Waals surface area contributed by atoms with Crippen LogP contribution in [0.15, 0.2) is 47.6 Å². The number of carbonyl (C=O) groups is 2. The second-order valence-corrected chi connectivity index (χ2v) is 9.55. The molecule has 2 aromatic carbocycles. The van der Waals surface area contributed by atoms with Crippen molar-refractivity contribution in [2.75, 3.05) is 18.2 Å². The van der Waals surface area contributed by atoms with Crippen molar-refractivity contribution in [3.63, 3.8) is 0 Å². The van der Waals surface area contributed by atoms with Crippen LogP contribution >= 0.6 is 11.8 Å². The molecule has 1 heterocycles. The summed E-state index contributed by atoms with van der Waals surface area (Å²) in [5.41, 5.74) is 1.30. The highest BCUT2D eigenvalue weighted by molar-refractivity contribution is 7.99. The molecular formula is C25H30N6O5S. The number of methoxy groups -OCH3 is 1. The van der Waals surface area contributed by atoms with E-state index in [9.17, 15) is 19.7 Å². The minimum Gasteiger partial charge on any atom is -0.497 e. The van der Waals surface area contributed by atoms with Gasteiger partial charge in [-0.2, -0.15) is 0 Å². The summed E-state index contributed by atoms with van der Waals surface area (Å²) in [6.45, 7) is 8.07. The fourth-order valence-corrected chi connectivity index (χ4v) is 4.45. The first-order valence-electron chi connectivity index (χ1n) is 11.7. The summed E-state index contributed by atoms with van der Waals surface area (Å²) in [6, 6.07) is 11.0. The number of thioether (sulfide) groups is 1. The zero-order valence-electron chi connectivity index (χ0n) is 21.3. The fourth-order valence-electron chi connectivity index (χ4n) is 3.64. The molecule has 0 radical (unpaired) electrons. The maximum atomic E-state index is 12.9. The molecule has 0 aliphatic carbocycles. The van der Waals surface area contributed by atoms with Crippen LogP contribution in [0.4, 0.5) is 11.4 Å². The van der Waals surface area contributed by atoms with Crippen molar-refractivity contribution in [1.82, 2.24) is 20.1 Å². The molecule has 11 nitrogen and oxygen atoms in total. The number of nitro benzene ring substituents is 1. The van der Waals surface area contributed by atoms with Gasteiger partial charge in [-0.15, -0.1) is 10.2 Å². The van der Waals surface area contributed by atoms with Crippen molar-refractivity contribution >= 4 is 35.0 Å². The number of benzene rings is 2. The summed E-state index contributed by atoms with van der Waals surface area (Å²) in [4.78, 5) is 36.1. The number of carbonyl (C=O) groups excluding carboxylic acids is 2. The first-order chi connectivity index (χ1) is 17.6. The number of nitro groups is 1. The molecule has 196 valence electrons. The second-order valence-electron chi connectivity index (χ2n) is 8.60. The summed E-state index contributed by atoms with van der Waals surface area (Å²) in [5.74, 6) is 0.738. The molecule has 2 amide bonds. The number of hydrogen-bond donors (Lipinski definition) is 2. The average molecular weight is 527 g/mol. The van der Waals surface area contributed by atoms with E-state index >= 15 is 0 Å². The maximum Gasteiger partial charge on any atom is 0.274 e. The molecule has 3 aromatic rings. The molecule has 12 heteroatoms. The smallest absolute Gasteiger partial charge is 0.274 e. The lowest BCUT2D eigenvalue weighted by molar-refractivity contribution is -0.385. The number of nitrogens with zero attached hydrogens (tertiary/aromatic N) is 4. The number of nitrogens with one attached hydrogen (secondary N) is 2. The van der Waals surface area contributed by atoms with Crippen LogP contribution in [0.3, 0.4) is 0 Å². The normalized spacial score (nSPS) is 11.7. The van der Waals surface area contributed by atoms with Gasteiger partial charge in [-0.3, -0.25) is 19.7 Å². The van der Waals surface area contributed by atoms with E-state index in [0.717, 1.165) is 0 Å². The largest absolute Gasteiger partial charge is 0.497 e. The molecular weight excluding hydrogens is 496 g/mol. The number of amides is 2. The number of aryl methyl sites for hydroxylation is 1. The van der Waals surface area contributed by atoms with E-state index in [2.05, 4.69) is 20.8 Å². The SMILES string of the molecule is CCn1c(SCC(=O)Nc2ccc(C)c([N+](=O)[O-])c2)nnc1[C@@H](NC(=O)c1ccc(OC)cc1)C(C)C. The maximum absolute atomic E-state index is 12.9. The van der Waals surface area contributed by atoms with Crippen LogP contribution in [0, 0.1) is 23.0 Å². The Bertz CT molecular complexity index is 1280. The lowest BCUT2D eigenvalue weighted by atomic mass is 10.0. The van der Waals surface area contributed by atoms with Gasteiger partial charge in [-0.25, -0.2) is 0 Å². The van der Waals surface area contributed by atoms with E-state index in [4.69, 9.17) is 4.74 Å². The molecule has 1 aromatic heterocycles. The predicted octanol–water partition coefficient (Wildman–Crippen LogP) is 4.38. The number of hydrogen-bond acceptors (Lipinski definition) is 8. The highest BCUT2D eigenvalue weighted by atomic mass is 32.2. The van der Waals surface area contributed by atoms with Gasteiger partial charge in [0, 0.05) is 29.4 Å². The van der Waals surface area contributed by atoms with Crippen LogP contribution in [-0.4, -0.2) is 44.4 Å². The molecule has 0 spiro atoms. The fraction of sp³-hybridized carbons (Fsp3) is 0.360. The molecule has 37 heavy (non-hydrogen) atoms. The third-order valence-corrected chi connectivity index (χ3v) is 6.63. The summed E-state index contributed by atoms with van der Waals surface area (Å²) in [6.07, 6.45) is 0. The molecule has 0 saturated heterocycles. The lowest BCUT2D eigenvalue weighted by Crippen LogP contribution is -2.33. The van der Waals surface area contributed by atoms with Gasteiger partial charge in [-0.1, -0.05) is 31.7 Å². The van der Waals surface area contributed by atoms with Gasteiger partial charge in [0.1, 0.15) is 5.75 Å². The Balaban J connectivity index is 1.70. The van der Waals surface area contributed by atoms with E-state index in [1.807, 2.05) is 25.3 Å². The molecule has 1 atom stereocenters. The Kier molecular flexibility index (Phi) is 9.23. The van der Waals surface area contributed by atoms with Gasteiger partial charge in [0.15, 0.2) is 11.0 Å². The zero-order valence-corrected chi connectivity index (χ0v) is 22.2. The average Bonchev–Trinajstić information content (AvgIpc) is 3.29. The molecule has 0 aliphatic rings. The van der Waals surface area contributed by atoms with Gasteiger partial charge in [0.05, 0.1) is 23.8 Å².